The van der Waals surface area contributed by atoms with Gasteiger partial charge in [-0.1, -0.05) is 6.42 Å². The monoisotopic (exact) mass is 262 g/mol. The molecule has 2 rings (SSSR count). The van der Waals surface area contributed by atoms with E-state index < -0.39 is 0 Å². The fourth-order valence-electron chi connectivity index (χ4n) is 2.30. The molecule has 14 heavy (non-hydrogen) atoms. The first-order valence-electron chi connectivity index (χ1n) is 5.30. The summed E-state index contributed by atoms with van der Waals surface area (Å²) >= 11 is 0. The lowest BCUT2D eigenvalue weighted by atomic mass is 9.95. The minimum atomic E-state index is 0. The molecule has 1 N–H and O–H groups in total. The second-order valence-corrected chi connectivity index (χ2v) is 4.20. The Morgan fingerprint density at radius 1 is 1.21 bits per heavy atom. The Labute approximate surface area is 96.1 Å². The first-order chi connectivity index (χ1) is 6.29. The summed E-state index contributed by atoms with van der Waals surface area (Å²) in [5.74, 6) is 0. The van der Waals surface area contributed by atoms with Gasteiger partial charge in [-0.15, -0.1) is 0 Å². The summed E-state index contributed by atoms with van der Waals surface area (Å²) in [6.07, 6.45) is 7.24. The molecule has 4 nitrogen and oxygen atoms in total. The van der Waals surface area contributed by atoms with Crippen LogP contribution in [0.4, 0.5) is 0 Å². The average Bonchev–Trinajstić information content (AvgIpc) is 2.49. The van der Waals surface area contributed by atoms with Crippen LogP contribution in [0.5, 0.6) is 0 Å². The average molecular weight is 263 g/mol. The van der Waals surface area contributed by atoms with E-state index in [2.05, 4.69) is 17.4 Å². The van der Waals surface area contributed by atoms with Gasteiger partial charge in [0.2, 0.25) is 6.17 Å². The molecule has 1 aliphatic heterocycles. The van der Waals surface area contributed by atoms with Crippen LogP contribution < -0.4 is 22.0 Å². The second-order valence-electron chi connectivity index (χ2n) is 4.20. The lowest BCUT2D eigenvalue weighted by Gasteiger charge is -2.27. The summed E-state index contributed by atoms with van der Waals surface area (Å²) in [6, 6.07) is 0.720. The van der Waals surface area contributed by atoms with Gasteiger partial charge in [-0.3, -0.25) is 0 Å². The zero-order valence-corrected chi connectivity index (χ0v) is 10.5. The van der Waals surface area contributed by atoms with Gasteiger partial charge >= 0.3 is 0 Å². The first-order valence-corrected chi connectivity index (χ1v) is 5.30. The van der Waals surface area contributed by atoms with E-state index in [1.165, 1.54) is 37.1 Å². The van der Waals surface area contributed by atoms with Crippen LogP contribution in [0, 0.1) is 0 Å². The molecule has 82 valence electrons. The molecule has 0 amide bonds. The number of nitrogens with zero attached hydrogens (tertiary/aromatic N) is 3. The van der Waals surface area contributed by atoms with Crippen molar-refractivity contribution in [1.82, 2.24) is 5.01 Å². The standard InChI is InChI=1S/C9H18N4.BrH/c1-8-12(2)10-11-13(8)9-6-4-3-5-7-9;/h8-9H,3-7H2,1-2H3;1H. The molecular formula is C9H19BrN4. The van der Waals surface area contributed by atoms with E-state index in [9.17, 15) is 0 Å². The van der Waals surface area contributed by atoms with Crippen LogP contribution in [-0.2, 0) is 0 Å². The predicted octanol–water partition coefficient (Wildman–Crippen LogP) is -2.22. The summed E-state index contributed by atoms with van der Waals surface area (Å²) in [6.45, 7) is 2.20. The zero-order valence-electron chi connectivity index (χ0n) is 8.91. The van der Waals surface area contributed by atoms with E-state index in [4.69, 9.17) is 0 Å². The topological polar surface area (TPSA) is 32.4 Å². The Hall–Kier alpha value is -0.160. The molecule has 2 aliphatic rings. The van der Waals surface area contributed by atoms with E-state index in [1.54, 1.807) is 0 Å². The smallest absolute Gasteiger partial charge is 0.202 e. The van der Waals surface area contributed by atoms with Crippen LogP contribution in [0.3, 0.4) is 0 Å². The molecule has 1 heterocycles. The van der Waals surface area contributed by atoms with Crippen LogP contribution in [-0.4, -0.2) is 24.3 Å². The Morgan fingerprint density at radius 3 is 2.36 bits per heavy atom. The van der Waals surface area contributed by atoms with Gasteiger partial charge in [0.15, 0.2) is 0 Å². The molecule has 2 unspecified atom stereocenters. The summed E-state index contributed by atoms with van der Waals surface area (Å²) in [5, 5.41) is 11.7. The third kappa shape index (κ3) is 2.25. The third-order valence-corrected chi connectivity index (χ3v) is 3.31. The van der Waals surface area contributed by atoms with Gasteiger partial charge in [-0.2, -0.15) is 5.01 Å². The number of hydrogen-bond acceptors (Lipinski definition) is 3. The minimum Gasteiger partial charge on any atom is -1.00 e. The largest absolute Gasteiger partial charge is 1.00 e. The number of nitrogens with one attached hydrogen (secondary N) is 1. The lowest BCUT2D eigenvalue weighted by Crippen LogP contribution is -3.14. The molecule has 1 fully saturated rings. The maximum Gasteiger partial charge on any atom is 0.202 e. The Morgan fingerprint density at radius 2 is 1.86 bits per heavy atom. The van der Waals surface area contributed by atoms with Crippen molar-refractivity contribution < 1.29 is 22.0 Å². The highest BCUT2D eigenvalue weighted by atomic mass is 79.9. The van der Waals surface area contributed by atoms with Crippen molar-refractivity contribution in [2.45, 2.75) is 51.2 Å². The summed E-state index contributed by atoms with van der Waals surface area (Å²) in [4.78, 5) is 0. The maximum atomic E-state index is 4.29. The van der Waals surface area contributed by atoms with Crippen molar-refractivity contribution in [3.63, 3.8) is 0 Å². The Bertz CT molecular complexity index is 203. The van der Waals surface area contributed by atoms with Gasteiger partial charge in [0, 0.05) is 32.0 Å². The molecule has 0 bridgehead atoms. The molecule has 0 aromatic rings. The van der Waals surface area contributed by atoms with Crippen molar-refractivity contribution in [1.29, 1.82) is 0 Å². The second kappa shape index (κ2) is 5.07. The van der Waals surface area contributed by atoms with E-state index >= 15 is 0 Å². The van der Waals surface area contributed by atoms with Crippen molar-refractivity contribution >= 4 is 0 Å². The van der Waals surface area contributed by atoms with Crippen molar-refractivity contribution in [2.75, 3.05) is 7.05 Å². The van der Waals surface area contributed by atoms with Crippen molar-refractivity contribution in [3.8, 4) is 0 Å². The van der Waals surface area contributed by atoms with E-state index in [0.717, 1.165) is 6.04 Å². The predicted molar refractivity (Wildman–Crippen MR) is 49.9 cm³/mol. The number of hydrogen-bond donors (Lipinski definition) is 1. The lowest BCUT2D eigenvalue weighted by molar-refractivity contribution is -0.958. The van der Waals surface area contributed by atoms with Gasteiger partial charge in [-0.25, -0.2) is 5.01 Å². The fourth-order valence-corrected chi connectivity index (χ4v) is 2.30. The third-order valence-electron chi connectivity index (χ3n) is 3.31. The van der Waals surface area contributed by atoms with E-state index in [0.29, 0.717) is 6.17 Å². The normalized spacial score (nSPS) is 33.1. The van der Waals surface area contributed by atoms with Crippen molar-refractivity contribution in [2.24, 2.45) is 10.4 Å². The minimum absolute atomic E-state index is 0. The van der Waals surface area contributed by atoms with Crippen LogP contribution in [0.1, 0.15) is 39.0 Å². The highest BCUT2D eigenvalue weighted by molar-refractivity contribution is 4.64. The molecule has 1 saturated carbocycles. The summed E-state index contributed by atoms with van der Waals surface area (Å²) in [5.41, 5.74) is 0. The molecule has 1 aliphatic carbocycles. The maximum absolute atomic E-state index is 4.29. The highest BCUT2D eigenvalue weighted by Gasteiger charge is 2.35. The van der Waals surface area contributed by atoms with Crippen molar-refractivity contribution in [3.05, 3.63) is 0 Å². The highest BCUT2D eigenvalue weighted by Crippen LogP contribution is 2.16. The molecule has 0 aromatic heterocycles. The summed E-state index contributed by atoms with van der Waals surface area (Å²) in [7, 11) is 2.00. The molecular weight excluding hydrogens is 244 g/mol. The molecule has 0 aromatic carbocycles. The SMILES string of the molecule is CC1N(C)N=N[NH+]1C1CCCCC1.[Br-]. The van der Waals surface area contributed by atoms with E-state index in [1.807, 2.05) is 12.1 Å². The van der Waals surface area contributed by atoms with Crippen LogP contribution >= 0.6 is 0 Å². The van der Waals surface area contributed by atoms with Crippen LogP contribution in [0.15, 0.2) is 10.4 Å². The quantitative estimate of drug-likeness (QED) is 0.571. The fraction of sp³-hybridized carbons (Fsp3) is 1.00. The van der Waals surface area contributed by atoms with Gasteiger partial charge < -0.3 is 17.0 Å². The number of quaternary nitrogens is 1. The summed E-state index contributed by atoms with van der Waals surface area (Å²) < 4.78 is 0. The molecule has 0 radical (unpaired) electrons. The first kappa shape index (κ1) is 11.9. The van der Waals surface area contributed by atoms with Crippen LogP contribution in [0.2, 0.25) is 0 Å². The molecule has 0 spiro atoms. The molecule has 2 atom stereocenters. The molecule has 5 heteroatoms. The number of rotatable bonds is 1. The van der Waals surface area contributed by atoms with Gasteiger partial charge in [0.05, 0.1) is 0 Å². The van der Waals surface area contributed by atoms with Gasteiger partial charge in [0.25, 0.3) is 0 Å². The van der Waals surface area contributed by atoms with Crippen LogP contribution in [0.25, 0.3) is 0 Å². The molecule has 0 saturated heterocycles. The van der Waals surface area contributed by atoms with Gasteiger partial charge in [0.1, 0.15) is 6.04 Å². The number of halogens is 1. The van der Waals surface area contributed by atoms with E-state index in [-0.39, 0.29) is 17.0 Å². The van der Waals surface area contributed by atoms with Gasteiger partial charge in [-0.05, 0) is 18.1 Å². The zero-order chi connectivity index (χ0) is 9.26. The Balaban J connectivity index is 0.000000980. The Kier molecular flexibility index (Phi) is 4.31.